The summed E-state index contributed by atoms with van der Waals surface area (Å²) < 4.78 is 14.2. The topological polar surface area (TPSA) is 37.3 Å². The van der Waals surface area contributed by atoms with Crippen molar-refractivity contribution in [3.63, 3.8) is 0 Å². The van der Waals surface area contributed by atoms with Gasteiger partial charge in [0.2, 0.25) is 0 Å². The summed E-state index contributed by atoms with van der Waals surface area (Å²) in [5.41, 5.74) is 2.81. The molecule has 36 heavy (non-hydrogen) atoms. The van der Waals surface area contributed by atoms with E-state index in [0.717, 1.165) is 5.56 Å². The van der Waals surface area contributed by atoms with E-state index < -0.39 is 30.4 Å². The summed E-state index contributed by atoms with van der Waals surface area (Å²) in [5, 5.41) is 15.2. The van der Waals surface area contributed by atoms with Crippen LogP contribution in [0.2, 0.25) is 0 Å². The molecule has 0 bridgehead atoms. The van der Waals surface area contributed by atoms with Crippen molar-refractivity contribution in [3.8, 4) is 0 Å². The molecule has 0 aliphatic heterocycles. The molecular formula is C32H34O2SSi. The van der Waals surface area contributed by atoms with E-state index in [4.69, 9.17) is 0 Å². The largest absolute Gasteiger partial charge is 0.387 e. The molecule has 0 saturated heterocycles. The smallest absolute Gasteiger partial charge is 0.173 e. The maximum atomic E-state index is 14.2. The fraction of sp³-hybridized carbons (Fsp3) is 0.188. The maximum absolute atomic E-state index is 14.2. The Kier molecular flexibility index (Phi) is 7.89. The van der Waals surface area contributed by atoms with Crippen molar-refractivity contribution in [3.05, 3.63) is 131 Å². The van der Waals surface area contributed by atoms with Crippen LogP contribution in [0, 0.1) is 12.3 Å². The minimum Gasteiger partial charge on any atom is -0.387 e. The first-order chi connectivity index (χ1) is 17.2. The summed E-state index contributed by atoms with van der Waals surface area (Å²) in [5.74, 6) is 0. The molecule has 0 aliphatic carbocycles. The van der Waals surface area contributed by atoms with E-state index in [2.05, 4.69) is 78.5 Å². The molecule has 0 aromatic heterocycles. The van der Waals surface area contributed by atoms with Gasteiger partial charge in [0.15, 0.2) is 8.07 Å². The summed E-state index contributed by atoms with van der Waals surface area (Å²) in [7, 11) is -4.38. The van der Waals surface area contributed by atoms with Crippen molar-refractivity contribution >= 4 is 34.4 Å². The molecule has 184 valence electrons. The standard InChI is InChI=1S/C32H34O2SSi/c1-25-20-22-26(23-21-25)35(34)30(31(33)32(2,3)4)24-36(27-14-8-5-9-15-27,28-16-10-6-11-17-28)29-18-12-7-13-19-29/h5-24,31,33H,1-4H3/b30-24+/t31-,35?/m0/s1. The second kappa shape index (κ2) is 10.9. The van der Waals surface area contributed by atoms with Gasteiger partial charge in [-0.25, -0.2) is 4.21 Å². The highest BCUT2D eigenvalue weighted by molar-refractivity contribution is 7.89. The van der Waals surface area contributed by atoms with Gasteiger partial charge in [-0.15, -0.1) is 0 Å². The molecule has 0 saturated carbocycles. The lowest BCUT2D eigenvalue weighted by molar-refractivity contribution is 0.102. The lowest BCUT2D eigenvalue weighted by Crippen LogP contribution is -2.66. The predicted octanol–water partition coefficient (Wildman–Crippen LogP) is 5.10. The van der Waals surface area contributed by atoms with E-state index >= 15 is 0 Å². The first-order valence-corrected chi connectivity index (χ1v) is 15.5. The Labute approximate surface area is 218 Å². The molecule has 4 aromatic carbocycles. The zero-order chi connectivity index (χ0) is 25.8. The zero-order valence-electron chi connectivity index (χ0n) is 21.4. The SMILES string of the molecule is Cc1ccc(S(=O)/C(=C/[Si](c2ccccc2)(c2ccccc2)c2ccccc2)[C@H](O)C(C)(C)C)cc1. The van der Waals surface area contributed by atoms with Crippen molar-refractivity contribution in [2.24, 2.45) is 5.41 Å². The molecule has 0 heterocycles. The van der Waals surface area contributed by atoms with Crippen LogP contribution in [0.5, 0.6) is 0 Å². The van der Waals surface area contributed by atoms with E-state index in [1.54, 1.807) is 0 Å². The van der Waals surface area contributed by atoms with E-state index in [9.17, 15) is 9.32 Å². The van der Waals surface area contributed by atoms with Crippen LogP contribution in [0.1, 0.15) is 26.3 Å². The van der Waals surface area contributed by atoms with Crippen LogP contribution in [0.3, 0.4) is 0 Å². The molecule has 4 aromatic rings. The normalized spacial score (nSPS) is 14.3. The first-order valence-electron chi connectivity index (χ1n) is 12.3. The minimum absolute atomic E-state index is 0.490. The predicted molar refractivity (Wildman–Crippen MR) is 155 cm³/mol. The van der Waals surface area contributed by atoms with Gasteiger partial charge < -0.3 is 5.11 Å². The van der Waals surface area contributed by atoms with Crippen molar-refractivity contribution in [1.82, 2.24) is 0 Å². The van der Waals surface area contributed by atoms with Gasteiger partial charge in [0.25, 0.3) is 0 Å². The quantitative estimate of drug-likeness (QED) is 0.277. The molecule has 2 atom stereocenters. The Morgan fingerprint density at radius 1 is 0.722 bits per heavy atom. The lowest BCUT2D eigenvalue weighted by atomic mass is 9.89. The number of hydrogen-bond acceptors (Lipinski definition) is 2. The maximum Gasteiger partial charge on any atom is 0.173 e. The second-order valence-corrected chi connectivity index (χ2v) is 15.4. The van der Waals surface area contributed by atoms with E-state index in [1.807, 2.05) is 70.2 Å². The number of aryl methyl sites for hydroxylation is 1. The average Bonchev–Trinajstić information content (AvgIpc) is 2.90. The van der Waals surface area contributed by atoms with Crippen molar-refractivity contribution < 1.29 is 9.32 Å². The third kappa shape index (κ3) is 5.36. The summed E-state index contributed by atoms with van der Waals surface area (Å²) in [6.45, 7) is 8.00. The van der Waals surface area contributed by atoms with Gasteiger partial charge in [0, 0.05) is 9.80 Å². The van der Waals surface area contributed by atoms with Crippen LogP contribution in [0.4, 0.5) is 0 Å². The number of aliphatic hydroxyl groups excluding tert-OH is 1. The molecule has 0 aliphatic rings. The zero-order valence-corrected chi connectivity index (χ0v) is 23.2. The molecular weight excluding hydrogens is 477 g/mol. The first kappa shape index (κ1) is 26.0. The number of benzene rings is 4. The summed E-state index contributed by atoms with van der Waals surface area (Å²) >= 11 is 0. The van der Waals surface area contributed by atoms with Crippen molar-refractivity contribution in [2.75, 3.05) is 0 Å². The molecule has 0 amide bonds. The Morgan fingerprint density at radius 2 is 1.11 bits per heavy atom. The molecule has 2 nitrogen and oxygen atoms in total. The molecule has 4 heteroatoms. The summed E-state index contributed by atoms with van der Waals surface area (Å²) in [4.78, 5) is 1.27. The van der Waals surface area contributed by atoms with Gasteiger partial charge >= 0.3 is 0 Å². The van der Waals surface area contributed by atoms with Gasteiger partial charge in [-0.3, -0.25) is 0 Å². The molecule has 1 unspecified atom stereocenters. The van der Waals surface area contributed by atoms with Gasteiger partial charge in [-0.1, -0.05) is 135 Å². The highest BCUT2D eigenvalue weighted by Gasteiger charge is 2.41. The van der Waals surface area contributed by atoms with Crippen LogP contribution >= 0.6 is 0 Å². The highest BCUT2D eigenvalue weighted by Crippen LogP contribution is 2.31. The molecule has 1 N–H and O–H groups in total. The van der Waals surface area contributed by atoms with E-state index in [0.29, 0.717) is 9.80 Å². The monoisotopic (exact) mass is 510 g/mol. The molecule has 0 fully saturated rings. The highest BCUT2D eigenvalue weighted by atomic mass is 32.2. The minimum atomic E-state index is -2.85. The van der Waals surface area contributed by atoms with Gasteiger partial charge in [0.05, 0.1) is 16.9 Å². The molecule has 4 rings (SSSR count). The third-order valence-corrected chi connectivity index (χ3v) is 12.7. The average molecular weight is 511 g/mol. The third-order valence-electron chi connectivity index (χ3n) is 6.59. The number of hydrogen-bond donors (Lipinski definition) is 1. The Morgan fingerprint density at radius 3 is 1.47 bits per heavy atom. The van der Waals surface area contributed by atoms with Crippen LogP contribution in [0.25, 0.3) is 0 Å². The molecule has 0 radical (unpaired) electrons. The Bertz CT molecular complexity index is 1230. The van der Waals surface area contributed by atoms with Crippen molar-refractivity contribution in [2.45, 2.75) is 38.7 Å². The van der Waals surface area contributed by atoms with Crippen LogP contribution < -0.4 is 15.6 Å². The van der Waals surface area contributed by atoms with Crippen molar-refractivity contribution in [1.29, 1.82) is 0 Å². The Hall–Kier alpha value is -3.05. The molecule has 0 spiro atoms. The van der Waals surface area contributed by atoms with Gasteiger partial charge in [-0.2, -0.15) is 0 Å². The van der Waals surface area contributed by atoms with E-state index in [-0.39, 0.29) is 0 Å². The summed E-state index contributed by atoms with van der Waals surface area (Å²) in [6.07, 6.45) is -0.886. The van der Waals surface area contributed by atoms with E-state index in [1.165, 1.54) is 15.6 Å². The van der Waals surface area contributed by atoms with Crippen LogP contribution in [-0.2, 0) is 10.8 Å². The Balaban J connectivity index is 2.09. The number of rotatable bonds is 7. The fourth-order valence-electron chi connectivity index (χ4n) is 4.53. The number of aliphatic hydroxyl groups is 1. The second-order valence-electron chi connectivity index (χ2n) is 10.3. The lowest BCUT2D eigenvalue weighted by Gasteiger charge is -2.34. The summed E-state index contributed by atoms with van der Waals surface area (Å²) in [6, 6.07) is 39.2. The van der Waals surface area contributed by atoms with Crippen LogP contribution in [0.15, 0.2) is 131 Å². The fourth-order valence-corrected chi connectivity index (χ4v) is 10.9. The van der Waals surface area contributed by atoms with Gasteiger partial charge in [-0.05, 0) is 40.0 Å². The van der Waals surface area contributed by atoms with Gasteiger partial charge in [0.1, 0.15) is 0 Å². The van der Waals surface area contributed by atoms with Crippen LogP contribution in [-0.4, -0.2) is 23.5 Å².